The first-order chi connectivity index (χ1) is 12.7. The Morgan fingerprint density at radius 2 is 1.89 bits per heavy atom. The first-order valence-electron chi connectivity index (χ1n) is 9.51. The van der Waals surface area contributed by atoms with E-state index in [0.29, 0.717) is 6.61 Å². The molecule has 0 aromatic heterocycles. The number of carboxylic acid groups (broad SMARTS) is 1. The van der Waals surface area contributed by atoms with E-state index in [-0.39, 0.29) is 30.8 Å². The van der Waals surface area contributed by atoms with Crippen molar-refractivity contribution in [3.63, 3.8) is 0 Å². The molecule has 1 fully saturated rings. The van der Waals surface area contributed by atoms with Crippen LogP contribution in [0.1, 0.15) is 58.4 Å². The number of nitrogens with one attached hydrogen (secondary N) is 1. The van der Waals surface area contributed by atoms with Crippen molar-refractivity contribution < 1.29 is 24.2 Å². The van der Waals surface area contributed by atoms with E-state index in [1.807, 2.05) is 52.0 Å². The minimum absolute atomic E-state index is 0.0210. The van der Waals surface area contributed by atoms with E-state index in [9.17, 15) is 14.7 Å². The quantitative estimate of drug-likeness (QED) is 0.689. The van der Waals surface area contributed by atoms with Crippen molar-refractivity contribution in [2.75, 3.05) is 13.7 Å². The van der Waals surface area contributed by atoms with Gasteiger partial charge in [-0.1, -0.05) is 32.9 Å². The summed E-state index contributed by atoms with van der Waals surface area (Å²) in [6.45, 7) is 8.11. The minimum Gasteiger partial charge on any atom is -0.497 e. The standard InChI is InChI=1S/C21H31NO5/c1-6-14(15-8-10-16(26-5)11-9-15)12-18(23)22-21(19(24)25)13-17(27-7-2)20(21,3)4/h8-11,14,17H,6-7,12-13H2,1-5H3,(H,22,23)(H,24,25). The molecule has 3 unspecified atom stereocenters. The number of methoxy groups -OCH3 is 1. The Balaban J connectivity index is 2.10. The van der Waals surface area contributed by atoms with Gasteiger partial charge in [-0.15, -0.1) is 0 Å². The summed E-state index contributed by atoms with van der Waals surface area (Å²) in [7, 11) is 1.61. The Morgan fingerprint density at radius 3 is 2.33 bits per heavy atom. The summed E-state index contributed by atoms with van der Waals surface area (Å²) in [6.07, 6.45) is 1.13. The Kier molecular flexibility index (Phi) is 6.52. The van der Waals surface area contributed by atoms with Gasteiger partial charge in [-0.05, 0) is 37.0 Å². The van der Waals surface area contributed by atoms with Gasteiger partial charge in [0.05, 0.1) is 13.2 Å². The molecule has 6 heteroatoms. The van der Waals surface area contributed by atoms with E-state index in [2.05, 4.69) is 5.32 Å². The lowest BCUT2D eigenvalue weighted by Crippen LogP contribution is -2.76. The number of hydrogen-bond donors (Lipinski definition) is 2. The van der Waals surface area contributed by atoms with Crippen LogP contribution in [0.5, 0.6) is 5.75 Å². The highest BCUT2D eigenvalue weighted by atomic mass is 16.5. The van der Waals surface area contributed by atoms with Crippen molar-refractivity contribution in [1.82, 2.24) is 5.32 Å². The zero-order valence-corrected chi connectivity index (χ0v) is 16.9. The molecule has 3 atom stereocenters. The molecule has 1 amide bonds. The number of carbonyl (C=O) groups excluding carboxylic acids is 1. The fourth-order valence-electron chi connectivity index (χ4n) is 3.92. The van der Waals surface area contributed by atoms with Gasteiger partial charge in [0.1, 0.15) is 11.3 Å². The van der Waals surface area contributed by atoms with Gasteiger partial charge in [-0.25, -0.2) is 4.79 Å². The highest BCUT2D eigenvalue weighted by Crippen LogP contribution is 2.51. The zero-order valence-electron chi connectivity index (χ0n) is 16.9. The molecule has 1 aliphatic rings. The molecular weight excluding hydrogens is 346 g/mol. The first kappa shape index (κ1) is 21.2. The van der Waals surface area contributed by atoms with Crippen LogP contribution in [0.15, 0.2) is 24.3 Å². The monoisotopic (exact) mass is 377 g/mol. The molecule has 1 saturated carbocycles. The SMILES string of the molecule is CCOC1CC(NC(=O)CC(CC)c2ccc(OC)cc2)(C(=O)O)C1(C)C. The molecule has 0 spiro atoms. The molecule has 0 bridgehead atoms. The van der Waals surface area contributed by atoms with Gasteiger partial charge in [0.25, 0.3) is 0 Å². The second-order valence-electron chi connectivity index (χ2n) is 7.71. The van der Waals surface area contributed by atoms with Crippen molar-refractivity contribution in [3.8, 4) is 5.75 Å². The van der Waals surface area contributed by atoms with Crippen molar-refractivity contribution in [2.45, 2.75) is 64.5 Å². The molecule has 27 heavy (non-hydrogen) atoms. The number of amides is 1. The molecule has 1 aromatic carbocycles. The van der Waals surface area contributed by atoms with Gasteiger partial charge in [-0.2, -0.15) is 0 Å². The molecule has 2 N–H and O–H groups in total. The van der Waals surface area contributed by atoms with E-state index < -0.39 is 16.9 Å². The predicted molar refractivity (Wildman–Crippen MR) is 103 cm³/mol. The van der Waals surface area contributed by atoms with Crippen LogP contribution in [0, 0.1) is 5.41 Å². The van der Waals surface area contributed by atoms with E-state index in [0.717, 1.165) is 17.7 Å². The van der Waals surface area contributed by atoms with Crippen molar-refractivity contribution in [1.29, 1.82) is 0 Å². The Morgan fingerprint density at radius 1 is 1.26 bits per heavy atom. The number of hydrogen-bond acceptors (Lipinski definition) is 4. The van der Waals surface area contributed by atoms with Gasteiger partial charge in [0, 0.05) is 24.9 Å². The van der Waals surface area contributed by atoms with Crippen LogP contribution in [0.4, 0.5) is 0 Å². The van der Waals surface area contributed by atoms with E-state index in [4.69, 9.17) is 9.47 Å². The molecule has 1 aliphatic carbocycles. The van der Waals surface area contributed by atoms with Crippen molar-refractivity contribution in [3.05, 3.63) is 29.8 Å². The Hall–Kier alpha value is -2.08. The topological polar surface area (TPSA) is 84.9 Å². The van der Waals surface area contributed by atoms with Crippen LogP contribution < -0.4 is 10.1 Å². The number of rotatable bonds is 9. The highest BCUT2D eigenvalue weighted by molar-refractivity contribution is 5.89. The maximum atomic E-state index is 12.7. The fraction of sp³-hybridized carbons (Fsp3) is 0.619. The second kappa shape index (κ2) is 8.30. The third kappa shape index (κ3) is 3.95. The van der Waals surface area contributed by atoms with Gasteiger partial charge >= 0.3 is 5.97 Å². The lowest BCUT2D eigenvalue weighted by atomic mass is 9.54. The van der Waals surface area contributed by atoms with Crippen molar-refractivity contribution >= 4 is 11.9 Å². The molecule has 6 nitrogen and oxygen atoms in total. The average molecular weight is 377 g/mol. The van der Waals surface area contributed by atoms with Gasteiger partial charge in [0.15, 0.2) is 0 Å². The molecule has 0 heterocycles. The lowest BCUT2D eigenvalue weighted by molar-refractivity contribution is -0.194. The molecule has 0 radical (unpaired) electrons. The summed E-state index contributed by atoms with van der Waals surface area (Å²) < 4.78 is 10.8. The first-order valence-corrected chi connectivity index (χ1v) is 9.51. The van der Waals surface area contributed by atoms with Crippen LogP contribution in [0.2, 0.25) is 0 Å². The smallest absolute Gasteiger partial charge is 0.330 e. The zero-order chi connectivity index (χ0) is 20.2. The average Bonchev–Trinajstić information content (AvgIpc) is 2.64. The van der Waals surface area contributed by atoms with E-state index >= 15 is 0 Å². The third-order valence-electron chi connectivity index (χ3n) is 5.99. The summed E-state index contributed by atoms with van der Waals surface area (Å²) in [4.78, 5) is 24.8. The lowest BCUT2D eigenvalue weighted by Gasteiger charge is -2.58. The maximum absolute atomic E-state index is 12.7. The number of aliphatic carboxylic acids is 1. The normalized spacial score (nSPS) is 24.6. The van der Waals surface area contributed by atoms with Crippen LogP contribution in [-0.2, 0) is 14.3 Å². The summed E-state index contributed by atoms with van der Waals surface area (Å²) in [5.41, 5.74) is -0.924. The molecule has 0 aliphatic heterocycles. The van der Waals surface area contributed by atoms with Crippen LogP contribution >= 0.6 is 0 Å². The summed E-state index contributed by atoms with van der Waals surface area (Å²) in [5, 5.41) is 12.7. The third-order valence-corrected chi connectivity index (χ3v) is 5.99. The minimum atomic E-state index is -1.29. The molecule has 1 aromatic rings. The van der Waals surface area contributed by atoms with E-state index in [1.165, 1.54) is 0 Å². The van der Waals surface area contributed by atoms with Gasteiger partial charge < -0.3 is 19.9 Å². The Labute approximate surface area is 161 Å². The molecule has 150 valence electrons. The Bertz CT molecular complexity index is 670. The van der Waals surface area contributed by atoms with E-state index in [1.54, 1.807) is 7.11 Å². The fourth-order valence-corrected chi connectivity index (χ4v) is 3.92. The summed E-state index contributed by atoms with van der Waals surface area (Å²) >= 11 is 0. The van der Waals surface area contributed by atoms with Gasteiger partial charge in [-0.3, -0.25) is 4.79 Å². The highest BCUT2D eigenvalue weighted by Gasteiger charge is 2.66. The van der Waals surface area contributed by atoms with Crippen LogP contribution in [-0.4, -0.2) is 42.3 Å². The summed E-state index contributed by atoms with van der Waals surface area (Å²) in [5.74, 6) is -0.467. The van der Waals surface area contributed by atoms with Crippen LogP contribution in [0.25, 0.3) is 0 Å². The molecule has 0 saturated heterocycles. The second-order valence-corrected chi connectivity index (χ2v) is 7.71. The van der Waals surface area contributed by atoms with Crippen LogP contribution in [0.3, 0.4) is 0 Å². The largest absolute Gasteiger partial charge is 0.497 e. The number of carbonyl (C=O) groups is 2. The number of ether oxygens (including phenoxy) is 2. The maximum Gasteiger partial charge on any atom is 0.330 e. The number of benzene rings is 1. The van der Waals surface area contributed by atoms with Gasteiger partial charge in [0.2, 0.25) is 5.91 Å². The molecular formula is C21H31NO5. The summed E-state index contributed by atoms with van der Waals surface area (Å²) in [6, 6.07) is 7.64. The van der Waals surface area contributed by atoms with Crippen molar-refractivity contribution in [2.24, 2.45) is 5.41 Å². The number of carboxylic acids is 1. The predicted octanol–water partition coefficient (Wildman–Crippen LogP) is 3.35. The molecule has 2 rings (SSSR count).